The molecule has 2 N–H and O–H groups in total. The van der Waals surface area contributed by atoms with Crippen LogP contribution in [0.1, 0.15) is 29.7 Å². The van der Waals surface area contributed by atoms with Gasteiger partial charge in [0.1, 0.15) is 17.4 Å². The van der Waals surface area contributed by atoms with Gasteiger partial charge in [0.2, 0.25) is 0 Å². The van der Waals surface area contributed by atoms with E-state index in [0.29, 0.717) is 17.0 Å². The molecule has 1 atom stereocenters. The van der Waals surface area contributed by atoms with Crippen LogP contribution < -0.4 is 15.4 Å². The van der Waals surface area contributed by atoms with Crippen molar-refractivity contribution in [3.8, 4) is 11.8 Å². The van der Waals surface area contributed by atoms with Crippen LogP contribution in [0.2, 0.25) is 5.02 Å². The third-order valence-corrected chi connectivity index (χ3v) is 5.27. The van der Waals surface area contributed by atoms with E-state index in [9.17, 15) is 14.9 Å². The van der Waals surface area contributed by atoms with Crippen molar-refractivity contribution in [1.82, 2.24) is 5.32 Å². The Labute approximate surface area is 203 Å². The lowest BCUT2D eigenvalue weighted by Crippen LogP contribution is -2.27. The molecule has 0 fully saturated rings. The quantitative estimate of drug-likeness (QED) is 0.336. The maximum Gasteiger partial charge on any atom is 0.262 e. The lowest BCUT2D eigenvalue weighted by atomic mass is 10.1. The van der Waals surface area contributed by atoms with Crippen molar-refractivity contribution in [2.24, 2.45) is 0 Å². The zero-order valence-corrected chi connectivity index (χ0v) is 19.6. The van der Waals surface area contributed by atoms with Crippen LogP contribution in [0.3, 0.4) is 0 Å². The average molecular weight is 474 g/mol. The average Bonchev–Trinajstić information content (AvgIpc) is 2.83. The summed E-state index contributed by atoms with van der Waals surface area (Å²) < 4.78 is 5.52. The van der Waals surface area contributed by atoms with Crippen molar-refractivity contribution < 1.29 is 14.3 Å². The molecule has 0 bridgehead atoms. The molecule has 0 spiro atoms. The number of amides is 2. The summed E-state index contributed by atoms with van der Waals surface area (Å²) in [7, 11) is 0. The minimum absolute atomic E-state index is 0.0509. The van der Waals surface area contributed by atoms with E-state index in [0.717, 1.165) is 11.1 Å². The highest BCUT2D eigenvalue weighted by Crippen LogP contribution is 2.26. The number of ether oxygens (including phenoxy) is 1. The molecule has 0 aliphatic heterocycles. The summed E-state index contributed by atoms with van der Waals surface area (Å²) in [6.07, 6.45) is 1.45. The van der Waals surface area contributed by atoms with E-state index in [4.69, 9.17) is 16.3 Å². The monoisotopic (exact) mass is 473 g/mol. The Bertz CT molecular complexity index is 1230. The van der Waals surface area contributed by atoms with Gasteiger partial charge >= 0.3 is 0 Å². The van der Waals surface area contributed by atoms with Crippen molar-refractivity contribution in [2.75, 3.05) is 11.9 Å². The molecule has 0 saturated carbocycles. The fourth-order valence-electron chi connectivity index (χ4n) is 3.12. The second-order valence-electron chi connectivity index (χ2n) is 7.67. The Morgan fingerprint density at radius 2 is 1.79 bits per heavy atom. The van der Waals surface area contributed by atoms with Crippen LogP contribution >= 0.6 is 11.6 Å². The minimum Gasteiger partial charge on any atom is -0.482 e. The molecule has 3 aromatic carbocycles. The molecule has 3 aromatic rings. The summed E-state index contributed by atoms with van der Waals surface area (Å²) in [4.78, 5) is 24.7. The molecule has 0 aliphatic carbocycles. The van der Waals surface area contributed by atoms with E-state index in [1.165, 1.54) is 6.08 Å². The largest absolute Gasteiger partial charge is 0.482 e. The summed E-state index contributed by atoms with van der Waals surface area (Å²) in [6, 6.07) is 23.4. The predicted molar refractivity (Wildman–Crippen MR) is 133 cm³/mol. The van der Waals surface area contributed by atoms with Crippen molar-refractivity contribution >= 4 is 35.2 Å². The maximum absolute atomic E-state index is 12.6. The van der Waals surface area contributed by atoms with Gasteiger partial charge in [-0.15, -0.1) is 0 Å². The van der Waals surface area contributed by atoms with Gasteiger partial charge in [-0.1, -0.05) is 65.7 Å². The Hall–Kier alpha value is -4.08. The SMILES string of the molecule is Cc1ccc(NC(=O)COc2ccc(/C=C(/C#N)C(=O)N[C@@H](C)c3ccccc3)cc2Cl)cc1. The highest BCUT2D eigenvalue weighted by molar-refractivity contribution is 6.32. The van der Waals surface area contributed by atoms with Crippen LogP contribution in [-0.4, -0.2) is 18.4 Å². The van der Waals surface area contributed by atoms with Crippen molar-refractivity contribution in [3.63, 3.8) is 0 Å². The summed E-state index contributed by atoms with van der Waals surface area (Å²) in [6.45, 7) is 3.60. The number of hydrogen-bond donors (Lipinski definition) is 2. The van der Waals surface area contributed by atoms with Crippen molar-refractivity contribution in [2.45, 2.75) is 19.9 Å². The first-order valence-electron chi connectivity index (χ1n) is 10.6. The van der Waals surface area contributed by atoms with Crippen LogP contribution in [-0.2, 0) is 9.59 Å². The molecule has 0 saturated heterocycles. The third kappa shape index (κ3) is 6.96. The molecular weight excluding hydrogens is 450 g/mol. The Balaban J connectivity index is 1.61. The maximum atomic E-state index is 12.6. The number of nitrogens with zero attached hydrogens (tertiary/aromatic N) is 1. The third-order valence-electron chi connectivity index (χ3n) is 4.97. The molecule has 0 unspecified atom stereocenters. The van der Waals surface area contributed by atoms with E-state index in [2.05, 4.69) is 10.6 Å². The van der Waals surface area contributed by atoms with Crippen LogP contribution in [0.5, 0.6) is 5.75 Å². The van der Waals surface area contributed by atoms with Gasteiger partial charge in [-0.25, -0.2) is 0 Å². The fourth-order valence-corrected chi connectivity index (χ4v) is 3.36. The number of nitrogens with one attached hydrogen (secondary N) is 2. The van der Waals surface area contributed by atoms with Crippen LogP contribution in [0.25, 0.3) is 6.08 Å². The smallest absolute Gasteiger partial charge is 0.262 e. The zero-order valence-electron chi connectivity index (χ0n) is 18.8. The topological polar surface area (TPSA) is 91.2 Å². The summed E-state index contributed by atoms with van der Waals surface area (Å²) in [5.41, 5.74) is 3.21. The molecule has 0 aliphatic rings. The van der Waals surface area contributed by atoms with Gasteiger partial charge in [-0.2, -0.15) is 5.26 Å². The molecule has 7 heteroatoms. The molecule has 6 nitrogen and oxygen atoms in total. The second-order valence-corrected chi connectivity index (χ2v) is 8.08. The van der Waals surface area contributed by atoms with Crippen LogP contribution in [0.15, 0.2) is 78.4 Å². The second kappa shape index (κ2) is 11.7. The van der Waals surface area contributed by atoms with Gasteiger partial charge in [-0.05, 0) is 55.3 Å². The normalized spacial score (nSPS) is 11.8. The fraction of sp³-hybridized carbons (Fsp3) is 0.148. The number of benzene rings is 3. The van der Waals surface area contributed by atoms with Crippen molar-refractivity contribution in [1.29, 1.82) is 5.26 Å². The van der Waals surface area contributed by atoms with E-state index in [1.807, 2.05) is 74.5 Å². The van der Waals surface area contributed by atoms with E-state index >= 15 is 0 Å². The van der Waals surface area contributed by atoms with E-state index in [-0.39, 0.29) is 29.2 Å². The van der Waals surface area contributed by atoms with Gasteiger partial charge in [0.05, 0.1) is 11.1 Å². The van der Waals surface area contributed by atoms with Crippen LogP contribution in [0.4, 0.5) is 5.69 Å². The molecule has 34 heavy (non-hydrogen) atoms. The first kappa shape index (κ1) is 24.6. The standard InChI is InChI=1S/C27H24ClN3O3/c1-18-8-11-23(12-9-18)31-26(32)17-34-25-13-10-20(15-24(25)28)14-22(16-29)27(33)30-19(2)21-6-4-3-5-7-21/h3-15,19H,17H2,1-2H3,(H,30,33)(H,31,32)/b22-14-/t19-/m0/s1. The highest BCUT2D eigenvalue weighted by Gasteiger charge is 2.14. The number of rotatable bonds is 8. The first-order valence-corrected chi connectivity index (χ1v) is 11.0. The van der Waals surface area contributed by atoms with Gasteiger partial charge in [0, 0.05) is 5.69 Å². The molecule has 0 aromatic heterocycles. The number of halogens is 1. The van der Waals surface area contributed by atoms with Gasteiger partial charge in [-0.3, -0.25) is 9.59 Å². The molecule has 2 amide bonds. The summed E-state index contributed by atoms with van der Waals surface area (Å²) >= 11 is 6.29. The van der Waals surface area contributed by atoms with Gasteiger partial charge < -0.3 is 15.4 Å². The minimum atomic E-state index is -0.483. The predicted octanol–water partition coefficient (Wildman–Crippen LogP) is 5.45. The molecule has 3 rings (SSSR count). The number of carbonyl (C=O) groups is 2. The zero-order chi connectivity index (χ0) is 24.5. The van der Waals surface area contributed by atoms with E-state index in [1.54, 1.807) is 18.2 Å². The number of aryl methyl sites for hydroxylation is 1. The van der Waals surface area contributed by atoms with E-state index < -0.39 is 5.91 Å². The van der Waals surface area contributed by atoms with Gasteiger partial charge in [0.25, 0.3) is 11.8 Å². The lowest BCUT2D eigenvalue weighted by Gasteiger charge is -2.14. The number of anilines is 1. The number of carbonyl (C=O) groups excluding carboxylic acids is 2. The summed E-state index contributed by atoms with van der Waals surface area (Å²) in [5, 5.41) is 15.3. The molecule has 0 heterocycles. The van der Waals surface area contributed by atoms with Crippen LogP contribution in [0, 0.1) is 18.3 Å². The molecule has 172 valence electrons. The van der Waals surface area contributed by atoms with Crippen molar-refractivity contribution in [3.05, 3.63) is 100 Å². The number of nitriles is 1. The Kier molecular flexibility index (Phi) is 8.44. The summed E-state index contributed by atoms with van der Waals surface area (Å²) in [5.74, 6) is -0.485. The first-order chi connectivity index (χ1) is 16.4. The Morgan fingerprint density at radius 1 is 1.09 bits per heavy atom. The molecule has 0 radical (unpaired) electrons. The lowest BCUT2D eigenvalue weighted by molar-refractivity contribution is -0.118. The Morgan fingerprint density at radius 3 is 2.44 bits per heavy atom. The molecular formula is C27H24ClN3O3. The number of hydrogen-bond acceptors (Lipinski definition) is 4. The van der Waals surface area contributed by atoms with Gasteiger partial charge in [0.15, 0.2) is 6.61 Å². The highest BCUT2D eigenvalue weighted by atomic mass is 35.5.